The van der Waals surface area contributed by atoms with Crippen LogP contribution in [0, 0.1) is 5.92 Å². The number of esters is 2. The van der Waals surface area contributed by atoms with E-state index in [0.29, 0.717) is 17.7 Å². The van der Waals surface area contributed by atoms with Crippen LogP contribution in [0.25, 0.3) is 11.2 Å². The normalized spacial score (nSPS) is 17.6. The molecule has 0 aliphatic heterocycles. The van der Waals surface area contributed by atoms with Crippen LogP contribution in [0.2, 0.25) is 0 Å². The van der Waals surface area contributed by atoms with Gasteiger partial charge in [0.2, 0.25) is 5.60 Å². The van der Waals surface area contributed by atoms with Crippen molar-refractivity contribution in [2.45, 2.75) is 84.3 Å². The van der Waals surface area contributed by atoms with Gasteiger partial charge in [-0.05, 0) is 47.0 Å². The van der Waals surface area contributed by atoms with E-state index in [9.17, 15) is 14.5 Å². The maximum absolute atomic E-state index is 12.8. The lowest BCUT2D eigenvalue weighted by Gasteiger charge is -2.26. The molecule has 0 spiro atoms. The Kier molecular flexibility index (Phi) is 10.5. The molecule has 4 atom stereocenters. The van der Waals surface area contributed by atoms with Gasteiger partial charge in [-0.1, -0.05) is 6.92 Å². The van der Waals surface area contributed by atoms with Gasteiger partial charge in [-0.3, -0.25) is 4.79 Å². The molecule has 3 N–H and O–H groups in total. The van der Waals surface area contributed by atoms with Crippen LogP contribution in [0.4, 0.5) is 5.82 Å². The molecule has 14 nitrogen and oxygen atoms in total. The van der Waals surface area contributed by atoms with Crippen molar-refractivity contribution in [1.82, 2.24) is 24.9 Å². The van der Waals surface area contributed by atoms with Crippen molar-refractivity contribution in [3.63, 3.8) is 0 Å². The van der Waals surface area contributed by atoms with Gasteiger partial charge in [0.25, 0.3) is 0 Å². The van der Waals surface area contributed by atoms with E-state index >= 15 is 0 Å². The number of nitrogen functional groups attached to an aromatic ring is 1. The molecule has 1 unspecified atom stereocenters. The second kappa shape index (κ2) is 13.3. The van der Waals surface area contributed by atoms with E-state index in [-0.39, 0.29) is 31.0 Å². The summed E-state index contributed by atoms with van der Waals surface area (Å²) < 4.78 is 23.8. The van der Waals surface area contributed by atoms with Crippen LogP contribution < -0.4 is 16.1 Å². The minimum absolute atomic E-state index is 0.0178. The molecule has 2 aromatic heterocycles. The molecule has 210 valence electrons. The maximum atomic E-state index is 12.8. The first-order chi connectivity index (χ1) is 18.0. The quantitative estimate of drug-likeness (QED) is 0.196. The third-order valence-electron chi connectivity index (χ3n) is 5.87. The Morgan fingerprint density at radius 2 is 2.03 bits per heavy atom. The highest BCUT2D eigenvalue weighted by Gasteiger charge is 2.43. The molecular formula is C23H36N7O7P. The molecule has 2 aromatic rings. The predicted molar refractivity (Wildman–Crippen MR) is 136 cm³/mol. The highest BCUT2D eigenvalue weighted by Crippen LogP contribution is 2.29. The van der Waals surface area contributed by atoms with Crippen LogP contribution >= 0.6 is 8.17 Å². The zero-order valence-electron chi connectivity index (χ0n) is 22.3. The fourth-order valence-corrected chi connectivity index (χ4v) is 4.12. The van der Waals surface area contributed by atoms with E-state index < -0.39 is 37.9 Å². The molecule has 1 aliphatic rings. The summed E-state index contributed by atoms with van der Waals surface area (Å²) in [5.74, 6) is -1.32. The monoisotopic (exact) mass is 553 g/mol. The molecule has 3 rings (SSSR count). The number of imidazole rings is 1. The number of anilines is 1. The van der Waals surface area contributed by atoms with Crippen molar-refractivity contribution in [3.8, 4) is 0 Å². The third kappa shape index (κ3) is 8.11. The summed E-state index contributed by atoms with van der Waals surface area (Å²) in [6, 6.07) is 0. The Labute approximate surface area is 222 Å². The van der Waals surface area contributed by atoms with Crippen LogP contribution in [0.1, 0.15) is 53.9 Å². The Morgan fingerprint density at radius 1 is 1.29 bits per heavy atom. The van der Waals surface area contributed by atoms with Gasteiger partial charge in [-0.2, -0.15) is 5.43 Å². The van der Waals surface area contributed by atoms with Gasteiger partial charge < -0.3 is 29.4 Å². The average Bonchev–Trinajstić information content (AvgIpc) is 3.23. The molecule has 0 aromatic carbocycles. The average molecular weight is 554 g/mol. The Bertz CT molecular complexity index is 1140. The molecule has 1 aliphatic carbocycles. The van der Waals surface area contributed by atoms with Crippen molar-refractivity contribution in [1.29, 1.82) is 0 Å². The lowest BCUT2D eigenvalue weighted by atomic mass is 9.96. The molecule has 2 heterocycles. The first-order valence-corrected chi connectivity index (χ1v) is 13.7. The van der Waals surface area contributed by atoms with E-state index in [1.165, 1.54) is 13.3 Å². The fourth-order valence-electron chi connectivity index (χ4n) is 3.41. The first-order valence-electron chi connectivity index (χ1n) is 12.5. The smallest absolute Gasteiger partial charge is 0.361 e. The summed E-state index contributed by atoms with van der Waals surface area (Å²) in [5.41, 5.74) is 7.73. The van der Waals surface area contributed by atoms with E-state index in [4.69, 9.17) is 24.5 Å². The maximum Gasteiger partial charge on any atom is 0.361 e. The lowest BCUT2D eigenvalue weighted by Crippen LogP contribution is -2.45. The summed E-state index contributed by atoms with van der Waals surface area (Å²) in [7, 11) is -2.70. The van der Waals surface area contributed by atoms with Crippen molar-refractivity contribution in [2.24, 2.45) is 10.8 Å². The van der Waals surface area contributed by atoms with Crippen molar-refractivity contribution in [2.75, 3.05) is 18.9 Å². The number of nitrogens with zero attached hydrogens (tertiary/aromatic N) is 5. The second-order valence-electron chi connectivity index (χ2n) is 9.82. The summed E-state index contributed by atoms with van der Waals surface area (Å²) in [6.07, 6.45) is 4.87. The Morgan fingerprint density at radius 3 is 2.68 bits per heavy atom. The molecule has 0 radical (unpaired) electrons. The van der Waals surface area contributed by atoms with Crippen LogP contribution in [0.5, 0.6) is 0 Å². The van der Waals surface area contributed by atoms with Crippen LogP contribution in [0.3, 0.4) is 0 Å². The highest BCUT2D eigenvalue weighted by molar-refractivity contribution is 7.33. The van der Waals surface area contributed by atoms with E-state index in [1.807, 2.05) is 0 Å². The summed E-state index contributed by atoms with van der Waals surface area (Å²) >= 11 is 0. The Balaban J connectivity index is 1.58. The van der Waals surface area contributed by atoms with Gasteiger partial charge in [0.1, 0.15) is 17.9 Å². The SMILES string of the molecule is CC(C)OC(=O)[C@](C)(CO[C@H](C)Cn1cnc2c(N)ncnc21)O/[P+]([O-])=N/NC[C@H](C)C(=O)OC1CCC1. The topological polar surface area (TPSA) is 188 Å². The van der Waals surface area contributed by atoms with Crippen LogP contribution in [0.15, 0.2) is 17.5 Å². The van der Waals surface area contributed by atoms with Crippen molar-refractivity contribution >= 4 is 37.1 Å². The molecular weight excluding hydrogens is 517 g/mol. The molecule has 0 bridgehead atoms. The van der Waals surface area contributed by atoms with Gasteiger partial charge >= 0.3 is 20.1 Å². The molecule has 38 heavy (non-hydrogen) atoms. The van der Waals surface area contributed by atoms with E-state index in [0.717, 1.165) is 19.3 Å². The number of aromatic nitrogens is 4. The lowest BCUT2D eigenvalue weighted by molar-refractivity contribution is -0.201. The molecule has 1 saturated carbocycles. The van der Waals surface area contributed by atoms with E-state index in [1.54, 1.807) is 38.6 Å². The zero-order chi connectivity index (χ0) is 27.9. The number of nitrogens with one attached hydrogen (secondary N) is 1. The first kappa shape index (κ1) is 29.8. The number of carbonyl (C=O) groups is 2. The number of ether oxygens (including phenoxy) is 3. The molecule has 1 fully saturated rings. The molecule has 15 heteroatoms. The standard InChI is InChI=1S/C23H36N7O7P/c1-14(2)35-22(32)23(5,37-38(33)29-28-9-15(3)21(31)36-17-7-6-8-17)11-34-16(4)10-30-13-27-18-19(24)25-12-26-20(18)30/h12-17,28H,6-11H2,1-5H3,(H2,24,25,26)/t15-,16+,23-/m0/s1. The number of rotatable bonds is 14. The summed E-state index contributed by atoms with van der Waals surface area (Å²) in [6.45, 7) is 8.46. The van der Waals surface area contributed by atoms with E-state index in [2.05, 4.69) is 25.2 Å². The van der Waals surface area contributed by atoms with Gasteiger partial charge in [-0.25, -0.2) is 19.7 Å². The van der Waals surface area contributed by atoms with Gasteiger partial charge in [-0.15, -0.1) is 4.52 Å². The molecule has 0 saturated heterocycles. The van der Waals surface area contributed by atoms with Gasteiger partial charge in [0, 0.05) is 11.4 Å². The predicted octanol–water partition coefficient (Wildman–Crippen LogP) is 1.63. The van der Waals surface area contributed by atoms with Crippen LogP contribution in [-0.2, 0) is 34.9 Å². The number of fused-ring (bicyclic) bond motifs is 1. The van der Waals surface area contributed by atoms with Gasteiger partial charge in [0.15, 0.2) is 11.5 Å². The van der Waals surface area contributed by atoms with Crippen LogP contribution in [-0.4, -0.2) is 68.5 Å². The van der Waals surface area contributed by atoms with Crippen molar-refractivity contribution < 1.29 is 33.2 Å². The van der Waals surface area contributed by atoms with Crippen molar-refractivity contribution in [3.05, 3.63) is 12.7 Å². The number of hydrogen-bond acceptors (Lipinski definition) is 12. The second-order valence-corrected chi connectivity index (χ2v) is 10.7. The Hall–Kier alpha value is -2.77. The highest BCUT2D eigenvalue weighted by atomic mass is 31.1. The largest absolute Gasteiger partial charge is 0.582 e. The number of carbonyl (C=O) groups excluding carboxylic acids is 2. The zero-order valence-corrected chi connectivity index (χ0v) is 23.2. The summed E-state index contributed by atoms with van der Waals surface area (Å²) in [4.78, 5) is 53.6. The minimum Gasteiger partial charge on any atom is -0.582 e. The minimum atomic E-state index is -2.70. The molecule has 0 amide bonds. The number of nitrogens with two attached hydrogens (primary N) is 1. The van der Waals surface area contributed by atoms with Gasteiger partial charge in [0.05, 0.1) is 37.6 Å². The summed E-state index contributed by atoms with van der Waals surface area (Å²) in [5, 5.41) is 0. The number of hydrogen-bond donors (Lipinski definition) is 2. The third-order valence-corrected chi connectivity index (χ3v) is 6.73. The fraction of sp³-hybridized carbons (Fsp3) is 0.696.